The van der Waals surface area contributed by atoms with Crippen LogP contribution in [-0.2, 0) is 9.53 Å². The number of carbonyl (C=O) groups is 2. The molecular weight excluding hydrogens is 402 g/mol. The van der Waals surface area contributed by atoms with Crippen LogP contribution in [0.4, 0.5) is 4.79 Å². The van der Waals surface area contributed by atoms with E-state index < -0.39 is 5.60 Å². The molecule has 0 radical (unpaired) electrons. The Kier molecular flexibility index (Phi) is 13.9. The maximum atomic E-state index is 12.8. The Morgan fingerprint density at radius 2 is 1.38 bits per heavy atom. The summed E-state index contributed by atoms with van der Waals surface area (Å²) in [5.41, 5.74) is -0.528. The number of nitrogens with one attached hydrogen (secondary N) is 1. The Labute approximate surface area is 197 Å². The van der Waals surface area contributed by atoms with E-state index in [2.05, 4.69) is 12.2 Å². The molecule has 2 atom stereocenters. The van der Waals surface area contributed by atoms with Crippen molar-refractivity contribution in [3.05, 3.63) is 0 Å². The third-order valence-corrected chi connectivity index (χ3v) is 6.27. The van der Waals surface area contributed by atoms with Crippen molar-refractivity contribution < 1.29 is 14.3 Å². The predicted molar refractivity (Wildman–Crippen MR) is 133 cm³/mol. The fourth-order valence-electron chi connectivity index (χ4n) is 4.35. The number of likely N-dealkylation sites (tertiary alicyclic amines) is 1. The zero-order chi connectivity index (χ0) is 24.0. The van der Waals surface area contributed by atoms with Crippen LogP contribution in [0.5, 0.6) is 0 Å². The molecule has 32 heavy (non-hydrogen) atoms. The van der Waals surface area contributed by atoms with Crippen molar-refractivity contribution in [2.24, 2.45) is 5.92 Å². The average molecular weight is 454 g/mol. The molecule has 1 fully saturated rings. The Balaban J connectivity index is 2.19. The first kappa shape index (κ1) is 28.7. The summed E-state index contributed by atoms with van der Waals surface area (Å²) in [5, 5.41) is 3.11. The van der Waals surface area contributed by atoms with Gasteiger partial charge in [0.2, 0.25) is 5.91 Å². The van der Waals surface area contributed by atoms with Crippen LogP contribution < -0.4 is 5.32 Å². The van der Waals surface area contributed by atoms with Gasteiger partial charge in [0.1, 0.15) is 5.60 Å². The van der Waals surface area contributed by atoms with Gasteiger partial charge in [0.15, 0.2) is 0 Å². The number of hydrogen-bond donors (Lipinski definition) is 1. The van der Waals surface area contributed by atoms with Crippen molar-refractivity contribution in [3.63, 3.8) is 0 Å². The van der Waals surface area contributed by atoms with Crippen LogP contribution in [0.25, 0.3) is 0 Å². The molecule has 1 N–H and O–H groups in total. The molecule has 2 amide bonds. The molecule has 2 unspecified atom stereocenters. The highest BCUT2D eigenvalue weighted by Crippen LogP contribution is 2.23. The standard InChI is InChI=1S/C26H51N3O3/c1-7-8-9-10-11-12-13-14-15-16-17-18-19-27-24(30)22-20-29(21-23(22)28(5)6)25(31)32-26(2,3)4/h22-23H,7-21H2,1-6H3,(H,27,30). The highest BCUT2D eigenvalue weighted by atomic mass is 16.6. The van der Waals surface area contributed by atoms with Crippen LogP contribution in [0.3, 0.4) is 0 Å². The quantitative estimate of drug-likeness (QED) is 0.328. The molecule has 188 valence electrons. The van der Waals surface area contributed by atoms with Crippen LogP contribution in [0.15, 0.2) is 0 Å². The highest BCUT2D eigenvalue weighted by molar-refractivity contribution is 5.81. The Morgan fingerprint density at radius 3 is 1.84 bits per heavy atom. The second-order valence-corrected chi connectivity index (χ2v) is 10.7. The van der Waals surface area contributed by atoms with Crippen molar-refractivity contribution in [2.45, 2.75) is 116 Å². The molecule has 0 spiro atoms. The molecule has 0 aromatic carbocycles. The van der Waals surface area contributed by atoms with Crippen molar-refractivity contribution >= 4 is 12.0 Å². The minimum atomic E-state index is -0.528. The number of rotatable bonds is 15. The number of nitrogens with zero attached hydrogens (tertiary/aromatic N) is 2. The first-order chi connectivity index (χ1) is 15.2. The van der Waals surface area contributed by atoms with E-state index in [0.29, 0.717) is 13.1 Å². The second kappa shape index (κ2) is 15.5. The topological polar surface area (TPSA) is 61.9 Å². The van der Waals surface area contributed by atoms with Gasteiger partial charge in [-0.05, 0) is 41.3 Å². The first-order valence-electron chi connectivity index (χ1n) is 13.1. The monoisotopic (exact) mass is 453 g/mol. The maximum Gasteiger partial charge on any atom is 0.410 e. The fraction of sp³-hybridized carbons (Fsp3) is 0.923. The van der Waals surface area contributed by atoms with E-state index in [1.54, 1.807) is 4.90 Å². The lowest BCUT2D eigenvalue weighted by Gasteiger charge is -2.25. The summed E-state index contributed by atoms with van der Waals surface area (Å²) in [7, 11) is 3.93. The molecule has 6 nitrogen and oxygen atoms in total. The second-order valence-electron chi connectivity index (χ2n) is 10.7. The van der Waals surface area contributed by atoms with E-state index in [9.17, 15) is 9.59 Å². The summed E-state index contributed by atoms with van der Waals surface area (Å²) in [6.45, 7) is 9.52. The molecule has 6 heteroatoms. The minimum absolute atomic E-state index is 0.0180. The molecule has 0 bridgehead atoms. The van der Waals surface area contributed by atoms with E-state index in [1.165, 1.54) is 70.6 Å². The number of unbranched alkanes of at least 4 members (excludes halogenated alkanes) is 11. The molecular formula is C26H51N3O3. The van der Waals surface area contributed by atoms with Gasteiger partial charge in [0.05, 0.1) is 5.92 Å². The van der Waals surface area contributed by atoms with Crippen LogP contribution in [0.1, 0.15) is 105 Å². The van der Waals surface area contributed by atoms with Crippen LogP contribution in [-0.4, -0.2) is 67.2 Å². The summed E-state index contributed by atoms with van der Waals surface area (Å²) >= 11 is 0. The van der Waals surface area contributed by atoms with E-state index >= 15 is 0 Å². The fourth-order valence-corrected chi connectivity index (χ4v) is 4.35. The normalized spacial score (nSPS) is 18.9. The van der Waals surface area contributed by atoms with Gasteiger partial charge in [-0.1, -0.05) is 77.6 Å². The molecule has 1 saturated heterocycles. The van der Waals surface area contributed by atoms with Gasteiger partial charge in [-0.15, -0.1) is 0 Å². The zero-order valence-electron chi connectivity index (χ0n) is 21.9. The van der Waals surface area contributed by atoms with Crippen LogP contribution >= 0.6 is 0 Å². The average Bonchev–Trinajstić information content (AvgIpc) is 3.16. The van der Waals surface area contributed by atoms with Crippen molar-refractivity contribution in [1.29, 1.82) is 0 Å². The zero-order valence-corrected chi connectivity index (χ0v) is 21.9. The predicted octanol–water partition coefficient (Wildman–Crippen LogP) is 5.60. The van der Waals surface area contributed by atoms with E-state index in [1.807, 2.05) is 39.8 Å². The van der Waals surface area contributed by atoms with Gasteiger partial charge in [-0.3, -0.25) is 4.79 Å². The minimum Gasteiger partial charge on any atom is -0.444 e. The van der Waals surface area contributed by atoms with Crippen LogP contribution in [0.2, 0.25) is 0 Å². The summed E-state index contributed by atoms with van der Waals surface area (Å²) in [4.78, 5) is 28.9. The lowest BCUT2D eigenvalue weighted by Crippen LogP contribution is -2.43. The molecule has 0 saturated carbocycles. The van der Waals surface area contributed by atoms with Gasteiger partial charge in [-0.25, -0.2) is 4.79 Å². The lowest BCUT2D eigenvalue weighted by atomic mass is 10.0. The SMILES string of the molecule is CCCCCCCCCCCCCCNC(=O)C1CN(C(=O)OC(C)(C)C)CC1N(C)C. The van der Waals surface area contributed by atoms with E-state index in [0.717, 1.165) is 13.0 Å². The van der Waals surface area contributed by atoms with Gasteiger partial charge < -0.3 is 19.9 Å². The smallest absolute Gasteiger partial charge is 0.410 e. The maximum absolute atomic E-state index is 12.8. The Bertz CT molecular complexity index is 531. The molecule has 0 aliphatic carbocycles. The third kappa shape index (κ3) is 12.1. The van der Waals surface area contributed by atoms with Gasteiger partial charge >= 0.3 is 6.09 Å². The molecule has 1 rings (SSSR count). The summed E-state index contributed by atoms with van der Waals surface area (Å²) in [6, 6.07) is 0.0180. The molecule has 0 aromatic rings. The molecule has 1 heterocycles. The number of likely N-dealkylation sites (N-methyl/N-ethyl adjacent to an activating group) is 1. The number of hydrogen-bond acceptors (Lipinski definition) is 4. The highest BCUT2D eigenvalue weighted by Gasteiger charge is 2.41. The summed E-state index contributed by atoms with van der Waals surface area (Å²) < 4.78 is 5.50. The van der Waals surface area contributed by atoms with E-state index in [4.69, 9.17) is 4.74 Å². The number of amides is 2. The van der Waals surface area contributed by atoms with Crippen LogP contribution in [0, 0.1) is 5.92 Å². The summed E-state index contributed by atoms with van der Waals surface area (Å²) in [6.07, 6.45) is 15.4. The van der Waals surface area contributed by atoms with Crippen molar-refractivity contribution in [2.75, 3.05) is 33.7 Å². The van der Waals surface area contributed by atoms with Crippen molar-refractivity contribution in [3.8, 4) is 0 Å². The van der Waals surface area contributed by atoms with Gasteiger partial charge in [0.25, 0.3) is 0 Å². The van der Waals surface area contributed by atoms with E-state index in [-0.39, 0.29) is 24.0 Å². The largest absolute Gasteiger partial charge is 0.444 e. The van der Waals surface area contributed by atoms with Gasteiger partial charge in [0, 0.05) is 25.7 Å². The Hall–Kier alpha value is -1.30. The Morgan fingerprint density at radius 1 is 0.875 bits per heavy atom. The number of carbonyl (C=O) groups excluding carboxylic acids is 2. The molecule has 1 aliphatic heterocycles. The van der Waals surface area contributed by atoms with Crippen molar-refractivity contribution in [1.82, 2.24) is 15.1 Å². The number of ether oxygens (including phenoxy) is 1. The third-order valence-electron chi connectivity index (χ3n) is 6.27. The summed E-state index contributed by atoms with van der Waals surface area (Å²) in [5.74, 6) is -0.160. The first-order valence-corrected chi connectivity index (χ1v) is 13.1. The molecule has 0 aromatic heterocycles. The van der Waals surface area contributed by atoms with Gasteiger partial charge in [-0.2, -0.15) is 0 Å². The molecule has 1 aliphatic rings. The lowest BCUT2D eigenvalue weighted by molar-refractivity contribution is -0.125.